The van der Waals surface area contributed by atoms with Crippen LogP contribution in [0, 0.1) is 11.8 Å². The van der Waals surface area contributed by atoms with Gasteiger partial charge in [-0.05, 0) is 24.5 Å². The van der Waals surface area contributed by atoms with E-state index >= 15 is 0 Å². The Kier molecular flexibility index (Phi) is 6.64. The van der Waals surface area contributed by atoms with Crippen molar-refractivity contribution in [1.29, 1.82) is 0 Å². The highest BCUT2D eigenvalue weighted by molar-refractivity contribution is 7.89. The van der Waals surface area contributed by atoms with E-state index in [2.05, 4.69) is 14.4 Å². The van der Waals surface area contributed by atoms with Crippen LogP contribution in [-0.4, -0.2) is 44.1 Å². The molecule has 0 fully saturated rings. The maximum absolute atomic E-state index is 12.1. The fourth-order valence-electron chi connectivity index (χ4n) is 1.90. The van der Waals surface area contributed by atoms with Crippen LogP contribution in [0.15, 0.2) is 23.2 Å². The third-order valence-corrected chi connectivity index (χ3v) is 4.47. The molecule has 1 aromatic heterocycles. The van der Waals surface area contributed by atoms with Gasteiger partial charge in [-0.25, -0.2) is 22.9 Å². The number of aromatic nitrogens is 1. The van der Waals surface area contributed by atoms with Crippen LogP contribution < -0.4 is 4.72 Å². The molecule has 0 spiro atoms. The molecule has 8 nitrogen and oxygen atoms in total. The summed E-state index contributed by atoms with van der Waals surface area (Å²) in [5.41, 5.74) is -0.0188. The predicted octanol–water partition coefficient (Wildman–Crippen LogP) is 0.893. The van der Waals surface area contributed by atoms with E-state index in [-0.39, 0.29) is 23.1 Å². The van der Waals surface area contributed by atoms with Gasteiger partial charge in [0.15, 0.2) is 0 Å². The molecule has 0 aliphatic heterocycles. The minimum atomic E-state index is -3.90. The van der Waals surface area contributed by atoms with Gasteiger partial charge in [0, 0.05) is 12.7 Å². The zero-order chi connectivity index (χ0) is 17.6. The number of methoxy groups -OCH3 is 1. The number of nitrogens with zero attached hydrogens (tertiary/aromatic N) is 1. The van der Waals surface area contributed by atoms with Crippen molar-refractivity contribution in [1.82, 2.24) is 9.71 Å². The van der Waals surface area contributed by atoms with Gasteiger partial charge in [-0.2, -0.15) is 0 Å². The standard InChI is InChI=1S/C14H20N2O6S/c1-9(2)6-10(13(17)18)7-16-23(20,21)11-4-5-12(15-8-11)14(19)22-3/h4-5,8-10,16H,6-7H2,1-3H3,(H,17,18). The molecule has 0 radical (unpaired) electrons. The molecule has 1 atom stereocenters. The Labute approximate surface area is 134 Å². The number of carboxylic acids is 1. The van der Waals surface area contributed by atoms with Crippen molar-refractivity contribution in [3.05, 3.63) is 24.0 Å². The van der Waals surface area contributed by atoms with E-state index in [4.69, 9.17) is 5.11 Å². The van der Waals surface area contributed by atoms with Crippen molar-refractivity contribution in [3.63, 3.8) is 0 Å². The lowest BCUT2D eigenvalue weighted by molar-refractivity contribution is -0.142. The average Bonchev–Trinajstić information content (AvgIpc) is 2.50. The fraction of sp³-hybridized carbons (Fsp3) is 0.500. The molecule has 0 aromatic carbocycles. The molecule has 1 rings (SSSR count). The third-order valence-electron chi connectivity index (χ3n) is 3.07. The summed E-state index contributed by atoms with van der Waals surface area (Å²) in [7, 11) is -2.71. The number of aliphatic carboxylic acids is 1. The van der Waals surface area contributed by atoms with Crippen LogP contribution in [0.3, 0.4) is 0 Å². The summed E-state index contributed by atoms with van der Waals surface area (Å²) in [5.74, 6) is -2.42. The van der Waals surface area contributed by atoms with E-state index in [9.17, 15) is 18.0 Å². The maximum atomic E-state index is 12.1. The molecule has 9 heteroatoms. The number of esters is 1. The highest BCUT2D eigenvalue weighted by Gasteiger charge is 2.23. The Bertz CT molecular complexity index is 654. The maximum Gasteiger partial charge on any atom is 0.356 e. The topological polar surface area (TPSA) is 123 Å². The number of sulfonamides is 1. The highest BCUT2D eigenvalue weighted by Crippen LogP contribution is 2.13. The second-order valence-electron chi connectivity index (χ2n) is 5.39. The first kappa shape index (κ1) is 19.0. The molecule has 0 bridgehead atoms. The normalized spacial score (nSPS) is 12.9. The number of ether oxygens (including phenoxy) is 1. The zero-order valence-corrected chi connectivity index (χ0v) is 14.0. The van der Waals surface area contributed by atoms with Gasteiger partial charge in [0.1, 0.15) is 10.6 Å². The van der Waals surface area contributed by atoms with Crippen molar-refractivity contribution in [2.45, 2.75) is 25.2 Å². The second kappa shape index (κ2) is 8.02. The molecule has 1 heterocycles. The summed E-state index contributed by atoms with van der Waals surface area (Å²) < 4.78 is 31.0. The van der Waals surface area contributed by atoms with Crippen LogP contribution in [0.4, 0.5) is 0 Å². The molecule has 0 aliphatic carbocycles. The molecular weight excluding hydrogens is 324 g/mol. The van der Waals surface area contributed by atoms with Gasteiger partial charge in [-0.15, -0.1) is 0 Å². The molecule has 0 aliphatic rings. The lowest BCUT2D eigenvalue weighted by Crippen LogP contribution is -2.33. The number of carbonyl (C=O) groups excluding carboxylic acids is 1. The smallest absolute Gasteiger partial charge is 0.356 e. The SMILES string of the molecule is COC(=O)c1ccc(S(=O)(=O)NCC(CC(C)C)C(=O)O)cn1. The van der Waals surface area contributed by atoms with E-state index in [1.54, 1.807) is 0 Å². The van der Waals surface area contributed by atoms with Crippen molar-refractivity contribution in [2.75, 3.05) is 13.7 Å². The quantitative estimate of drug-likeness (QED) is 0.671. The van der Waals surface area contributed by atoms with Crippen LogP contribution in [0.5, 0.6) is 0 Å². The van der Waals surface area contributed by atoms with Crippen LogP contribution in [-0.2, 0) is 19.6 Å². The number of carboxylic acid groups (broad SMARTS) is 1. The molecule has 0 saturated heterocycles. The van der Waals surface area contributed by atoms with Gasteiger partial charge >= 0.3 is 11.9 Å². The molecule has 0 saturated carbocycles. The Morgan fingerprint density at radius 1 is 1.35 bits per heavy atom. The van der Waals surface area contributed by atoms with E-state index in [1.165, 1.54) is 19.2 Å². The van der Waals surface area contributed by atoms with Crippen molar-refractivity contribution in [3.8, 4) is 0 Å². The van der Waals surface area contributed by atoms with E-state index in [1.807, 2.05) is 13.8 Å². The molecule has 23 heavy (non-hydrogen) atoms. The average molecular weight is 344 g/mol. The minimum Gasteiger partial charge on any atom is -0.481 e. The fourth-order valence-corrected chi connectivity index (χ4v) is 2.92. The Balaban J connectivity index is 2.82. The van der Waals surface area contributed by atoms with Crippen molar-refractivity contribution < 1.29 is 27.9 Å². The number of hydrogen-bond acceptors (Lipinski definition) is 6. The van der Waals surface area contributed by atoms with Crippen LogP contribution >= 0.6 is 0 Å². The Morgan fingerprint density at radius 2 is 2.00 bits per heavy atom. The van der Waals surface area contributed by atoms with Crippen LogP contribution in [0.1, 0.15) is 30.8 Å². The molecule has 0 amide bonds. The molecule has 1 aromatic rings. The number of pyridine rings is 1. The lowest BCUT2D eigenvalue weighted by Gasteiger charge is -2.15. The summed E-state index contributed by atoms with van der Waals surface area (Å²) in [6.45, 7) is 3.51. The van der Waals surface area contributed by atoms with Gasteiger partial charge in [0.25, 0.3) is 0 Å². The van der Waals surface area contributed by atoms with Crippen molar-refractivity contribution >= 4 is 22.0 Å². The van der Waals surface area contributed by atoms with Gasteiger partial charge in [-0.3, -0.25) is 4.79 Å². The summed E-state index contributed by atoms with van der Waals surface area (Å²) in [6, 6.07) is 2.43. The Hall–Kier alpha value is -2.00. The van der Waals surface area contributed by atoms with Crippen molar-refractivity contribution in [2.24, 2.45) is 11.8 Å². The largest absolute Gasteiger partial charge is 0.481 e. The summed E-state index contributed by atoms with van der Waals surface area (Å²) in [5, 5.41) is 9.12. The highest BCUT2D eigenvalue weighted by atomic mass is 32.2. The summed E-state index contributed by atoms with van der Waals surface area (Å²) >= 11 is 0. The minimum absolute atomic E-state index is 0.0188. The first-order valence-corrected chi connectivity index (χ1v) is 8.42. The lowest BCUT2D eigenvalue weighted by atomic mass is 9.98. The molecule has 1 unspecified atom stereocenters. The number of nitrogens with one attached hydrogen (secondary N) is 1. The summed E-state index contributed by atoms with van der Waals surface area (Å²) in [4.78, 5) is 26.0. The monoisotopic (exact) mass is 344 g/mol. The number of carbonyl (C=O) groups is 2. The Morgan fingerprint density at radius 3 is 2.43 bits per heavy atom. The second-order valence-corrected chi connectivity index (χ2v) is 7.15. The van der Waals surface area contributed by atoms with E-state index in [0.29, 0.717) is 6.42 Å². The predicted molar refractivity (Wildman–Crippen MR) is 81.3 cm³/mol. The number of hydrogen-bond donors (Lipinski definition) is 2. The van der Waals surface area contributed by atoms with Gasteiger partial charge < -0.3 is 9.84 Å². The molecule has 128 valence electrons. The first-order chi connectivity index (χ1) is 10.7. The first-order valence-electron chi connectivity index (χ1n) is 6.94. The van der Waals surface area contributed by atoms with E-state index < -0.39 is 27.9 Å². The summed E-state index contributed by atoms with van der Waals surface area (Å²) in [6.07, 6.45) is 1.38. The van der Waals surface area contributed by atoms with Crippen LogP contribution in [0.25, 0.3) is 0 Å². The van der Waals surface area contributed by atoms with Gasteiger partial charge in [0.05, 0.1) is 13.0 Å². The zero-order valence-electron chi connectivity index (χ0n) is 13.1. The third kappa shape index (κ3) is 5.61. The van der Waals surface area contributed by atoms with Gasteiger partial charge in [-0.1, -0.05) is 13.8 Å². The number of rotatable bonds is 8. The van der Waals surface area contributed by atoms with Gasteiger partial charge in [0.2, 0.25) is 10.0 Å². The molecule has 2 N–H and O–H groups in total. The molecular formula is C14H20N2O6S. The van der Waals surface area contributed by atoms with E-state index in [0.717, 1.165) is 6.20 Å². The van der Waals surface area contributed by atoms with Crippen LogP contribution in [0.2, 0.25) is 0 Å².